The van der Waals surface area contributed by atoms with E-state index in [0.29, 0.717) is 16.1 Å². The number of imide groups is 1. The number of carbonyl (C=O) groups is 4. The molecule has 0 aromatic heterocycles. The summed E-state index contributed by atoms with van der Waals surface area (Å²) in [6.07, 6.45) is -0.908. The van der Waals surface area contributed by atoms with E-state index < -0.39 is 46.9 Å². The number of halogens is 1. The van der Waals surface area contributed by atoms with Gasteiger partial charge >= 0.3 is 0 Å². The summed E-state index contributed by atoms with van der Waals surface area (Å²) in [6, 6.07) is 20.7. The van der Waals surface area contributed by atoms with Gasteiger partial charge in [-0.2, -0.15) is 0 Å². The average molecular weight is 486 g/mol. The van der Waals surface area contributed by atoms with Crippen molar-refractivity contribution in [1.29, 1.82) is 0 Å². The van der Waals surface area contributed by atoms with Crippen molar-refractivity contribution in [3.8, 4) is 0 Å². The van der Waals surface area contributed by atoms with E-state index in [1.165, 1.54) is 0 Å². The van der Waals surface area contributed by atoms with E-state index in [0.717, 1.165) is 10.5 Å². The Morgan fingerprint density at radius 2 is 1.43 bits per heavy atom. The van der Waals surface area contributed by atoms with Crippen LogP contribution in [-0.2, 0) is 20.9 Å². The van der Waals surface area contributed by atoms with Gasteiger partial charge in [-0.1, -0.05) is 77.8 Å². The maximum atomic E-state index is 13.8. The predicted octanol–water partition coefficient (Wildman–Crippen LogP) is 4.34. The first kappa shape index (κ1) is 21.9. The summed E-state index contributed by atoms with van der Waals surface area (Å²) in [7, 11) is 0. The summed E-state index contributed by atoms with van der Waals surface area (Å²) in [5.74, 6) is -4.36. The number of ketones is 2. The molecule has 1 aliphatic carbocycles. The number of fused-ring (bicyclic) bond motifs is 3. The molecule has 3 atom stereocenters. The smallest absolute Gasteiger partial charge is 0.237 e. The molecule has 6 rings (SSSR count). The zero-order valence-corrected chi connectivity index (χ0v) is 19.5. The number of hydrogen-bond acceptors (Lipinski definition) is 5. The molecule has 2 heterocycles. The third-order valence-corrected chi connectivity index (χ3v) is 7.52. The summed E-state index contributed by atoms with van der Waals surface area (Å²) < 4.78 is 6.28. The number of likely N-dealkylation sites (tertiary alicyclic amines) is 1. The Morgan fingerprint density at radius 1 is 0.829 bits per heavy atom. The van der Waals surface area contributed by atoms with Crippen LogP contribution < -0.4 is 0 Å². The second-order valence-electron chi connectivity index (χ2n) is 9.28. The van der Waals surface area contributed by atoms with Crippen LogP contribution in [0, 0.1) is 18.8 Å². The number of amides is 2. The molecule has 35 heavy (non-hydrogen) atoms. The van der Waals surface area contributed by atoms with Gasteiger partial charge < -0.3 is 4.74 Å². The van der Waals surface area contributed by atoms with Crippen molar-refractivity contribution in [3.63, 3.8) is 0 Å². The molecule has 0 saturated carbocycles. The molecule has 2 fully saturated rings. The van der Waals surface area contributed by atoms with Gasteiger partial charge in [0, 0.05) is 16.1 Å². The number of aryl methyl sites for hydroxylation is 1. The lowest BCUT2D eigenvalue weighted by atomic mass is 9.77. The van der Waals surface area contributed by atoms with Crippen LogP contribution in [-0.4, -0.2) is 33.9 Å². The second-order valence-corrected chi connectivity index (χ2v) is 9.72. The Bertz CT molecular complexity index is 1380. The second kappa shape index (κ2) is 7.70. The van der Waals surface area contributed by atoms with Crippen LogP contribution in [0.5, 0.6) is 0 Å². The van der Waals surface area contributed by atoms with Crippen LogP contribution in [0.3, 0.4) is 0 Å². The third kappa shape index (κ3) is 3.00. The van der Waals surface area contributed by atoms with Gasteiger partial charge in [-0.15, -0.1) is 0 Å². The van der Waals surface area contributed by atoms with Crippen molar-refractivity contribution < 1.29 is 23.9 Å². The molecule has 2 saturated heterocycles. The fourth-order valence-corrected chi connectivity index (χ4v) is 5.69. The number of ether oxygens (including phenoxy) is 1. The maximum absolute atomic E-state index is 13.8. The SMILES string of the molecule is Cc1ccc([C@@H]2OC3(C(=O)c4ccccc4C3=O)[C@H]3C(=O)N(Cc4ccc(Cl)cc4)C(=O)[C@@H]23)cc1. The van der Waals surface area contributed by atoms with Crippen molar-refractivity contribution in [2.75, 3.05) is 0 Å². The third-order valence-electron chi connectivity index (χ3n) is 7.27. The fourth-order valence-electron chi connectivity index (χ4n) is 5.56. The Labute approximate surface area is 206 Å². The average Bonchev–Trinajstić information content (AvgIpc) is 3.42. The van der Waals surface area contributed by atoms with Gasteiger partial charge in [0.25, 0.3) is 0 Å². The van der Waals surface area contributed by atoms with Gasteiger partial charge in [-0.3, -0.25) is 24.1 Å². The van der Waals surface area contributed by atoms with Crippen LogP contribution in [0.15, 0.2) is 72.8 Å². The van der Waals surface area contributed by atoms with E-state index in [4.69, 9.17) is 16.3 Å². The van der Waals surface area contributed by atoms with Crippen molar-refractivity contribution >= 4 is 35.0 Å². The molecular weight excluding hydrogens is 466 g/mol. The van der Waals surface area contributed by atoms with E-state index >= 15 is 0 Å². The molecule has 0 bridgehead atoms. The highest BCUT2D eigenvalue weighted by Gasteiger charge is 2.74. The van der Waals surface area contributed by atoms with E-state index in [1.54, 1.807) is 48.5 Å². The highest BCUT2D eigenvalue weighted by atomic mass is 35.5. The minimum atomic E-state index is -2.05. The topological polar surface area (TPSA) is 80.8 Å². The minimum Gasteiger partial charge on any atom is -0.349 e. The number of Topliss-reactive ketones (excluding diaryl/α,β-unsaturated/α-hetero) is 2. The Kier molecular flexibility index (Phi) is 4.82. The zero-order chi connectivity index (χ0) is 24.5. The minimum absolute atomic E-state index is 0.0217. The summed E-state index contributed by atoms with van der Waals surface area (Å²) in [4.78, 5) is 56.1. The maximum Gasteiger partial charge on any atom is 0.237 e. The van der Waals surface area contributed by atoms with E-state index in [9.17, 15) is 19.2 Å². The molecule has 2 amide bonds. The van der Waals surface area contributed by atoms with E-state index in [2.05, 4.69) is 0 Å². The summed E-state index contributed by atoms with van der Waals surface area (Å²) in [5.41, 5.74) is 0.760. The van der Waals surface area contributed by atoms with Crippen LogP contribution in [0.2, 0.25) is 5.02 Å². The largest absolute Gasteiger partial charge is 0.349 e. The Hall–Kier alpha value is -3.61. The summed E-state index contributed by atoms with van der Waals surface area (Å²) >= 11 is 5.98. The van der Waals surface area contributed by atoms with Crippen molar-refractivity contribution in [2.45, 2.75) is 25.2 Å². The summed E-state index contributed by atoms with van der Waals surface area (Å²) in [6.45, 7) is 1.95. The van der Waals surface area contributed by atoms with E-state index in [1.807, 2.05) is 31.2 Å². The monoisotopic (exact) mass is 485 g/mol. The fraction of sp³-hybridized carbons (Fsp3) is 0.214. The zero-order valence-electron chi connectivity index (χ0n) is 18.7. The van der Waals surface area contributed by atoms with Crippen LogP contribution in [0.25, 0.3) is 0 Å². The molecule has 0 N–H and O–H groups in total. The molecule has 3 aliphatic rings. The van der Waals surface area contributed by atoms with Crippen LogP contribution in [0.1, 0.15) is 43.5 Å². The van der Waals surface area contributed by atoms with E-state index in [-0.39, 0.29) is 17.7 Å². The van der Waals surface area contributed by atoms with Gasteiger partial charge in [0.2, 0.25) is 29.0 Å². The summed E-state index contributed by atoms with van der Waals surface area (Å²) in [5, 5.41) is 0.538. The first-order valence-electron chi connectivity index (χ1n) is 11.4. The molecule has 3 aromatic rings. The quantitative estimate of drug-likeness (QED) is 0.407. The molecule has 2 aliphatic heterocycles. The lowest BCUT2D eigenvalue weighted by Crippen LogP contribution is -2.50. The first-order chi connectivity index (χ1) is 16.8. The van der Waals surface area contributed by atoms with Gasteiger partial charge in [0.15, 0.2) is 0 Å². The first-order valence-corrected chi connectivity index (χ1v) is 11.7. The number of hydrogen-bond donors (Lipinski definition) is 0. The number of rotatable bonds is 3. The Morgan fingerprint density at radius 3 is 2.03 bits per heavy atom. The molecule has 1 spiro atoms. The normalized spacial score (nSPS) is 24.4. The lowest BCUT2D eigenvalue weighted by Gasteiger charge is -2.27. The highest BCUT2D eigenvalue weighted by Crippen LogP contribution is 2.57. The van der Waals surface area contributed by atoms with Gasteiger partial charge in [-0.25, -0.2) is 0 Å². The van der Waals surface area contributed by atoms with Crippen LogP contribution in [0.4, 0.5) is 0 Å². The molecular formula is C28H20ClNO5. The van der Waals surface area contributed by atoms with Gasteiger partial charge in [-0.05, 0) is 30.2 Å². The van der Waals surface area contributed by atoms with Crippen LogP contribution >= 0.6 is 11.6 Å². The molecule has 0 unspecified atom stereocenters. The molecule has 6 nitrogen and oxygen atoms in total. The number of nitrogens with zero attached hydrogens (tertiary/aromatic N) is 1. The number of carbonyl (C=O) groups excluding carboxylic acids is 4. The van der Waals surface area contributed by atoms with Gasteiger partial charge in [0.05, 0.1) is 24.5 Å². The van der Waals surface area contributed by atoms with Crippen molar-refractivity contribution in [1.82, 2.24) is 4.90 Å². The lowest BCUT2D eigenvalue weighted by molar-refractivity contribution is -0.145. The molecule has 7 heteroatoms. The van der Waals surface area contributed by atoms with Gasteiger partial charge in [0.1, 0.15) is 0 Å². The molecule has 0 radical (unpaired) electrons. The van der Waals surface area contributed by atoms with Crippen molar-refractivity contribution in [3.05, 3.63) is 106 Å². The molecule has 174 valence electrons. The van der Waals surface area contributed by atoms with Crippen molar-refractivity contribution in [2.24, 2.45) is 11.8 Å². The molecule has 3 aromatic carbocycles. The standard InChI is InChI=1S/C28H20ClNO5/c1-15-6-10-17(11-7-15)23-21-22(27(34)30(26(21)33)14-16-8-12-18(29)13-9-16)28(35-23)24(31)19-4-2-3-5-20(19)25(28)32/h2-13,21-23H,14H2,1H3/t21-,22-,23+/m1/s1. The number of benzene rings is 3. The predicted molar refractivity (Wildman–Crippen MR) is 127 cm³/mol. The Balaban J connectivity index is 1.48. The highest BCUT2D eigenvalue weighted by molar-refractivity contribution is 6.35.